The molecule has 0 spiro atoms. The third-order valence-corrected chi connectivity index (χ3v) is 21.5. The fourth-order valence-corrected chi connectivity index (χ4v) is 16.2. The van der Waals surface area contributed by atoms with Crippen LogP contribution in [0.1, 0.15) is 115 Å². The molecule has 8 amide bonds. The molecule has 10 rings (SSSR count). The van der Waals surface area contributed by atoms with Crippen LogP contribution in [0.25, 0.3) is 22.3 Å². The fraction of sp³-hybridized carbons (Fsp3) is 0.559. The van der Waals surface area contributed by atoms with E-state index < -0.39 is 53.0 Å². The zero-order chi connectivity index (χ0) is 72.3. The van der Waals surface area contributed by atoms with Crippen LogP contribution in [0.2, 0.25) is 0 Å². The first-order chi connectivity index (χ1) is 49.3. The molecule has 34 heteroatoms. The Labute approximate surface area is 598 Å². The molecular formula is C68H92N16O16S2. The first-order valence-corrected chi connectivity index (χ1v) is 36.8. The van der Waals surface area contributed by atoms with Crippen molar-refractivity contribution in [2.75, 3.05) is 109 Å². The molecule has 0 aliphatic carbocycles. The molecule has 4 aromatic rings. The quantitative estimate of drug-likeness (QED) is 0.0198. The molecule has 2 aromatic heterocycles. The Hall–Kier alpha value is -8.96. The van der Waals surface area contributed by atoms with Gasteiger partial charge < -0.3 is 102 Å². The molecule has 102 heavy (non-hydrogen) atoms. The number of nitrogens with one attached hydrogen (secondary N) is 14. The van der Waals surface area contributed by atoms with Gasteiger partial charge in [-0.2, -0.15) is 23.5 Å². The Morgan fingerprint density at radius 1 is 0.676 bits per heavy atom. The topological polar surface area (TPSA) is 439 Å². The van der Waals surface area contributed by atoms with Crippen LogP contribution in [0.4, 0.5) is 15.3 Å². The highest BCUT2D eigenvalue weighted by molar-refractivity contribution is 8.00. The van der Waals surface area contributed by atoms with Gasteiger partial charge in [-0.05, 0) is 94.0 Å². The van der Waals surface area contributed by atoms with Crippen LogP contribution in [-0.4, -0.2) is 219 Å². The number of amides is 8. The Kier molecular flexibility index (Phi) is 26.9. The zero-order valence-electron chi connectivity index (χ0n) is 57.5. The number of nitrogens with zero attached hydrogens (tertiary/aromatic N) is 2. The van der Waals surface area contributed by atoms with Crippen molar-refractivity contribution in [3.8, 4) is 17.1 Å². The summed E-state index contributed by atoms with van der Waals surface area (Å²) >= 11 is 3.79. The van der Waals surface area contributed by atoms with Crippen molar-refractivity contribution in [3.05, 3.63) is 86.2 Å². The largest absolute Gasteiger partial charge is 0.508 e. The lowest BCUT2D eigenvalue weighted by Gasteiger charge is -2.36. The molecule has 6 aliphatic heterocycles. The van der Waals surface area contributed by atoms with E-state index in [-0.39, 0.29) is 168 Å². The summed E-state index contributed by atoms with van der Waals surface area (Å²) < 4.78 is 35.4. The van der Waals surface area contributed by atoms with Crippen LogP contribution in [0.15, 0.2) is 47.3 Å². The van der Waals surface area contributed by atoms with Gasteiger partial charge in [-0.25, -0.2) is 24.2 Å². The number of carbonyl (C=O) groups excluding carboxylic acids is 8. The van der Waals surface area contributed by atoms with Crippen molar-refractivity contribution in [3.63, 3.8) is 0 Å². The molecule has 4 saturated heterocycles. The van der Waals surface area contributed by atoms with E-state index in [0.29, 0.717) is 65.3 Å². The van der Waals surface area contributed by atoms with Gasteiger partial charge in [-0.15, -0.1) is 0 Å². The minimum Gasteiger partial charge on any atom is -0.508 e. The Bertz CT molecular complexity index is 3720. The molecule has 6 aliphatic rings. The molecule has 8 atom stereocenters. The minimum absolute atomic E-state index is 0.0379. The number of phenols is 1. The van der Waals surface area contributed by atoms with E-state index in [1.807, 2.05) is 30.4 Å². The molecule has 2 aromatic carbocycles. The number of aromatic hydroxyl groups is 1. The van der Waals surface area contributed by atoms with Gasteiger partial charge in [-0.1, -0.05) is 19.8 Å². The number of esters is 2. The molecule has 0 saturated carbocycles. The minimum atomic E-state index is -2.00. The molecule has 0 unspecified atom stereocenters. The normalized spacial score (nSPS) is 20.6. The summed E-state index contributed by atoms with van der Waals surface area (Å²) in [6.07, 6.45) is 5.97. The van der Waals surface area contributed by atoms with Crippen molar-refractivity contribution < 1.29 is 71.9 Å². The van der Waals surface area contributed by atoms with Gasteiger partial charge in [0.2, 0.25) is 17.4 Å². The molecule has 0 radical (unpaired) electrons. The van der Waals surface area contributed by atoms with Crippen molar-refractivity contribution >= 4 is 99.7 Å². The van der Waals surface area contributed by atoms with Crippen LogP contribution in [0, 0.1) is 17.7 Å². The predicted octanol–water partition coefficient (Wildman–Crippen LogP) is 1.99. The lowest BCUT2D eigenvalue weighted by molar-refractivity contribution is -0.190. The number of carbonyl (C=O) groups is 8. The summed E-state index contributed by atoms with van der Waals surface area (Å²) in [6.45, 7) is 6.77. The van der Waals surface area contributed by atoms with E-state index in [9.17, 15) is 48.3 Å². The van der Waals surface area contributed by atoms with Crippen molar-refractivity contribution in [1.29, 1.82) is 10.8 Å². The highest BCUT2D eigenvalue weighted by Gasteiger charge is 2.51. The molecular weight excluding hydrogens is 1360 g/mol. The number of phenolic OH excluding ortho intramolecular Hbond substituents is 1. The maximum atomic E-state index is 14.1. The monoisotopic (exact) mass is 1450 g/mol. The van der Waals surface area contributed by atoms with Gasteiger partial charge in [0.05, 0.1) is 106 Å². The summed E-state index contributed by atoms with van der Waals surface area (Å²) in [6, 6.07) is 9.14. The first kappa shape index (κ1) is 75.7. The first-order valence-electron chi connectivity index (χ1n) is 34.7. The molecule has 4 fully saturated rings. The SMILES string of the molecule is CC[C@@]1(OC(=O)[C@H](C)NC(=O)NCCOCCOCCNC(=O)Nc2cc(C(=O)NCCOCCNC(=O)CCCC[C@@H]3SC[C@@H]4NC(=N)N[C@@H]43)cc(C(=O)NCCOCCNC(=O)CCCC[C@@H]3SC[C@@H]4NC(=N)N[C@@H]43)c2)C(=O)OCc2c1cc1n(c2=O)Cc2c-1nc1ccc(O)cc1c2C. The number of fused-ring (bicyclic) bond motifs is 7. The summed E-state index contributed by atoms with van der Waals surface area (Å²) in [5.41, 5.74) is 1.35. The number of guanidine groups is 2. The molecule has 0 bridgehead atoms. The number of pyridine rings is 2. The number of unbranched alkanes of at least 4 members (excludes halogenated alkanes) is 2. The molecule has 8 heterocycles. The highest BCUT2D eigenvalue weighted by atomic mass is 32.2. The predicted molar refractivity (Wildman–Crippen MR) is 381 cm³/mol. The smallest absolute Gasteiger partial charge is 0.355 e. The summed E-state index contributed by atoms with van der Waals surface area (Å²) in [4.78, 5) is 124. The number of urea groups is 2. The van der Waals surface area contributed by atoms with Gasteiger partial charge in [0, 0.05) is 107 Å². The second-order valence-electron chi connectivity index (χ2n) is 25.5. The number of cyclic esters (lactones) is 1. The van der Waals surface area contributed by atoms with Gasteiger partial charge in [-0.3, -0.25) is 34.8 Å². The van der Waals surface area contributed by atoms with E-state index in [1.165, 1.54) is 31.2 Å². The van der Waals surface area contributed by atoms with E-state index in [0.717, 1.165) is 66.5 Å². The van der Waals surface area contributed by atoms with Gasteiger partial charge in [0.25, 0.3) is 17.4 Å². The Morgan fingerprint density at radius 3 is 1.76 bits per heavy atom. The van der Waals surface area contributed by atoms with E-state index in [1.54, 1.807) is 29.7 Å². The zero-order valence-corrected chi connectivity index (χ0v) is 59.1. The molecule has 552 valence electrons. The fourth-order valence-electron chi connectivity index (χ4n) is 13.1. The standard InChI is InChI=1S/C68H92N16O16S2/c1-4-68(47-33-51-56-45(34-84(51)61(90)46(47)35-99-63(68)92)38(2)44-32-43(85)13-14-48(44)79-56)100-62(91)39(3)77-66(93)75-19-25-97-27-28-98-26-20-76-67(94)78-42-30-40(59(88)73-17-23-95-21-15-71-54(86)11-7-5-9-52-57-49(36-101-52)80-64(69)82-57)29-41(31-42)60(89)74-18-24-96-22-16-72-55(87)12-8-6-10-53-58-50(37-102-53)81-65(70)83-58/h13-14,29-33,39,49-50,52-53,57-58,85H,4-12,15-28,34-37H2,1-3H3,(H,71,86)(H,72,87)(H,73,88)(H,74,89)(H3,69,80,82)(H3,70,81,83)(H2,75,77,93)(H2,76,78,94)/t39-,49-,50-,52-,53-,57-,58-,68-/m0/s1. The average molecular weight is 1450 g/mol. The number of benzene rings is 2. The van der Waals surface area contributed by atoms with Gasteiger partial charge >= 0.3 is 24.0 Å². The van der Waals surface area contributed by atoms with Crippen LogP contribution in [-0.2, 0) is 66.4 Å². The third kappa shape index (κ3) is 19.6. The summed E-state index contributed by atoms with van der Waals surface area (Å²) in [7, 11) is 0. The number of aromatic nitrogens is 2. The maximum Gasteiger partial charge on any atom is 0.355 e. The van der Waals surface area contributed by atoms with Crippen LogP contribution in [0.5, 0.6) is 5.75 Å². The molecule has 15 N–H and O–H groups in total. The van der Waals surface area contributed by atoms with Crippen LogP contribution >= 0.6 is 23.5 Å². The number of rotatable bonds is 38. The molecule has 32 nitrogen and oxygen atoms in total. The van der Waals surface area contributed by atoms with E-state index >= 15 is 0 Å². The van der Waals surface area contributed by atoms with Gasteiger partial charge in [0.15, 0.2) is 11.9 Å². The number of anilines is 1. The maximum absolute atomic E-state index is 14.1. The Morgan fingerprint density at radius 2 is 1.21 bits per heavy atom. The number of ether oxygens (including phenoxy) is 6. The second kappa shape index (κ2) is 36.3. The van der Waals surface area contributed by atoms with Crippen molar-refractivity contribution in [1.82, 2.24) is 68.0 Å². The summed E-state index contributed by atoms with van der Waals surface area (Å²) in [5, 5.41) is 61.8. The lowest BCUT2D eigenvalue weighted by atomic mass is 9.85. The number of hydrogen-bond acceptors (Lipinski definition) is 21. The average Bonchev–Trinajstić information content (AvgIpc) is 1.46. The highest BCUT2D eigenvalue weighted by Crippen LogP contribution is 2.43. The third-order valence-electron chi connectivity index (χ3n) is 18.5. The van der Waals surface area contributed by atoms with Crippen LogP contribution < -0.4 is 69.4 Å². The van der Waals surface area contributed by atoms with Crippen molar-refractivity contribution in [2.45, 2.75) is 138 Å². The summed E-state index contributed by atoms with van der Waals surface area (Å²) in [5.74, 6) is -0.279. The van der Waals surface area contributed by atoms with Crippen LogP contribution in [0.3, 0.4) is 0 Å². The Balaban J connectivity index is 0.607. The second-order valence-corrected chi connectivity index (χ2v) is 28.1. The van der Waals surface area contributed by atoms with E-state index in [2.05, 4.69) is 63.8 Å². The lowest BCUT2D eigenvalue weighted by Crippen LogP contribution is -2.51. The number of thioether (sulfide) groups is 2. The number of hydrogen-bond donors (Lipinski definition) is 15. The van der Waals surface area contributed by atoms with Gasteiger partial charge in [0.1, 0.15) is 18.4 Å². The van der Waals surface area contributed by atoms with E-state index in [4.69, 9.17) is 44.2 Å². The van der Waals surface area contributed by atoms with Crippen molar-refractivity contribution in [2.24, 2.45) is 0 Å². The number of aryl methyl sites for hydroxylation is 1.